The van der Waals surface area contributed by atoms with Crippen LogP contribution in [0.4, 0.5) is 5.95 Å². The normalized spacial score (nSPS) is 11.2. The van der Waals surface area contributed by atoms with E-state index in [0.717, 1.165) is 25.9 Å². The van der Waals surface area contributed by atoms with Crippen LogP contribution in [-0.2, 0) is 7.05 Å². The molecule has 0 spiro atoms. The maximum absolute atomic E-state index is 5.64. The number of hydrazone groups is 1. The molecule has 0 unspecified atom stereocenters. The summed E-state index contributed by atoms with van der Waals surface area (Å²) in [5, 5.41) is 4.31. The van der Waals surface area contributed by atoms with Gasteiger partial charge in [-0.3, -0.25) is 0 Å². The summed E-state index contributed by atoms with van der Waals surface area (Å²) in [5.74, 6) is 2.13. The summed E-state index contributed by atoms with van der Waals surface area (Å²) in [4.78, 5) is 4.53. The van der Waals surface area contributed by atoms with Crippen molar-refractivity contribution in [2.24, 2.45) is 12.1 Å². The van der Waals surface area contributed by atoms with E-state index in [2.05, 4.69) is 38.1 Å². The third kappa shape index (κ3) is 3.71. The van der Waals surface area contributed by atoms with Crippen molar-refractivity contribution in [2.45, 2.75) is 6.92 Å². The molecule has 0 bridgehead atoms. The van der Waals surface area contributed by atoms with Crippen LogP contribution < -0.4 is 14.9 Å². The van der Waals surface area contributed by atoms with Gasteiger partial charge >= 0.3 is 0 Å². The maximum atomic E-state index is 5.64. The Morgan fingerprint density at radius 1 is 1.32 bits per heavy atom. The SMILES string of the molecule is CCOc1cc(/C=N\Nc2nc3ccccc3n2C)cc(I)c1OC. The van der Waals surface area contributed by atoms with E-state index < -0.39 is 0 Å². The van der Waals surface area contributed by atoms with Gasteiger partial charge in [0.15, 0.2) is 11.5 Å². The largest absolute Gasteiger partial charge is 0.492 e. The predicted octanol–water partition coefficient (Wildman–Crippen LogP) is 4.03. The van der Waals surface area contributed by atoms with E-state index in [-0.39, 0.29) is 0 Å². The Bertz CT molecular complexity index is 921. The number of nitrogens with one attached hydrogen (secondary N) is 1. The fraction of sp³-hybridized carbons (Fsp3) is 0.222. The molecule has 0 saturated carbocycles. The lowest BCUT2D eigenvalue weighted by atomic mass is 10.2. The fourth-order valence-corrected chi connectivity index (χ4v) is 3.38. The zero-order chi connectivity index (χ0) is 17.8. The third-order valence-electron chi connectivity index (χ3n) is 3.70. The minimum absolute atomic E-state index is 0.575. The average Bonchev–Trinajstić information content (AvgIpc) is 2.92. The van der Waals surface area contributed by atoms with Crippen molar-refractivity contribution in [3.63, 3.8) is 0 Å². The summed E-state index contributed by atoms with van der Waals surface area (Å²) >= 11 is 2.23. The lowest BCUT2D eigenvalue weighted by molar-refractivity contribution is 0.309. The number of rotatable bonds is 6. The van der Waals surface area contributed by atoms with Gasteiger partial charge in [-0.05, 0) is 59.3 Å². The molecule has 3 rings (SSSR count). The van der Waals surface area contributed by atoms with Crippen molar-refractivity contribution in [1.29, 1.82) is 0 Å². The molecule has 0 aliphatic heterocycles. The Morgan fingerprint density at radius 3 is 2.84 bits per heavy atom. The number of aromatic nitrogens is 2. The lowest BCUT2D eigenvalue weighted by Gasteiger charge is -2.11. The second-order valence-corrected chi connectivity index (χ2v) is 6.48. The number of anilines is 1. The Hall–Kier alpha value is -2.29. The summed E-state index contributed by atoms with van der Waals surface area (Å²) in [7, 11) is 3.60. The molecule has 0 aliphatic rings. The first-order valence-electron chi connectivity index (χ1n) is 7.85. The number of benzene rings is 2. The Labute approximate surface area is 160 Å². The molecule has 1 aromatic heterocycles. The van der Waals surface area contributed by atoms with Crippen LogP contribution in [0.2, 0.25) is 0 Å². The van der Waals surface area contributed by atoms with Crippen LogP contribution in [0.1, 0.15) is 12.5 Å². The lowest BCUT2D eigenvalue weighted by Crippen LogP contribution is -2.01. The molecule has 0 radical (unpaired) electrons. The van der Waals surface area contributed by atoms with Crippen molar-refractivity contribution in [2.75, 3.05) is 19.1 Å². The Kier molecular flexibility index (Phi) is 5.42. The van der Waals surface area contributed by atoms with Gasteiger partial charge in [0.1, 0.15) is 0 Å². The first-order valence-corrected chi connectivity index (χ1v) is 8.92. The molecule has 0 saturated heterocycles. The van der Waals surface area contributed by atoms with Crippen LogP contribution in [0.15, 0.2) is 41.5 Å². The number of imidazole rings is 1. The first kappa shape index (κ1) is 17.5. The highest BCUT2D eigenvalue weighted by atomic mass is 127. The number of ether oxygens (including phenoxy) is 2. The topological polar surface area (TPSA) is 60.7 Å². The smallest absolute Gasteiger partial charge is 0.224 e. The van der Waals surface area contributed by atoms with E-state index in [1.807, 2.05) is 54.9 Å². The molecular weight excluding hydrogens is 431 g/mol. The molecule has 1 N–H and O–H groups in total. The molecule has 25 heavy (non-hydrogen) atoms. The van der Waals surface area contributed by atoms with Crippen molar-refractivity contribution >= 4 is 45.8 Å². The fourth-order valence-electron chi connectivity index (χ4n) is 2.53. The van der Waals surface area contributed by atoms with Gasteiger partial charge in [-0.25, -0.2) is 10.4 Å². The van der Waals surface area contributed by atoms with E-state index in [1.165, 1.54) is 0 Å². The summed E-state index contributed by atoms with van der Waals surface area (Å²) in [5.41, 5.74) is 5.90. The molecule has 0 amide bonds. The molecular formula is C18H19IN4O2. The maximum Gasteiger partial charge on any atom is 0.224 e. The van der Waals surface area contributed by atoms with Gasteiger partial charge < -0.3 is 14.0 Å². The number of hydrogen-bond donors (Lipinski definition) is 1. The van der Waals surface area contributed by atoms with Crippen molar-refractivity contribution in [3.05, 3.63) is 45.5 Å². The van der Waals surface area contributed by atoms with Crippen molar-refractivity contribution in [1.82, 2.24) is 9.55 Å². The second kappa shape index (κ2) is 7.73. The molecule has 3 aromatic rings. The number of methoxy groups -OCH3 is 1. The first-order chi connectivity index (χ1) is 12.1. The summed E-state index contributed by atoms with van der Waals surface area (Å²) in [6.45, 7) is 2.52. The highest BCUT2D eigenvalue weighted by molar-refractivity contribution is 14.1. The molecule has 1 heterocycles. The highest BCUT2D eigenvalue weighted by Crippen LogP contribution is 2.33. The molecule has 0 aliphatic carbocycles. The Morgan fingerprint density at radius 2 is 2.12 bits per heavy atom. The third-order valence-corrected chi connectivity index (χ3v) is 4.50. The van der Waals surface area contributed by atoms with Gasteiger partial charge in [0, 0.05) is 7.05 Å². The molecule has 7 heteroatoms. The van der Waals surface area contributed by atoms with Gasteiger partial charge in [-0.15, -0.1) is 0 Å². The van der Waals surface area contributed by atoms with Gasteiger partial charge in [-0.2, -0.15) is 5.10 Å². The number of nitrogens with zero attached hydrogens (tertiary/aromatic N) is 3. The van der Waals surface area contributed by atoms with E-state index in [1.54, 1.807) is 13.3 Å². The average molecular weight is 450 g/mol. The summed E-state index contributed by atoms with van der Waals surface area (Å²) < 4.78 is 14.0. The van der Waals surface area contributed by atoms with E-state index >= 15 is 0 Å². The van der Waals surface area contributed by atoms with Crippen molar-refractivity contribution in [3.8, 4) is 11.5 Å². The number of para-hydroxylation sites is 2. The number of fused-ring (bicyclic) bond motifs is 1. The van der Waals surface area contributed by atoms with Crippen LogP contribution in [0, 0.1) is 3.57 Å². The summed E-state index contributed by atoms with van der Waals surface area (Å²) in [6, 6.07) is 11.9. The predicted molar refractivity (Wildman–Crippen MR) is 109 cm³/mol. The molecule has 130 valence electrons. The van der Waals surface area contributed by atoms with E-state index in [0.29, 0.717) is 18.3 Å². The highest BCUT2D eigenvalue weighted by Gasteiger charge is 2.10. The zero-order valence-electron chi connectivity index (χ0n) is 14.3. The molecule has 0 atom stereocenters. The van der Waals surface area contributed by atoms with Gasteiger partial charge in [0.2, 0.25) is 5.95 Å². The van der Waals surface area contributed by atoms with Crippen LogP contribution in [-0.4, -0.2) is 29.5 Å². The standard InChI is InChI=1S/C18H19IN4O2/c1-4-25-16-10-12(9-13(19)17(16)24-3)11-20-22-18-21-14-7-5-6-8-15(14)23(18)2/h5-11H,4H2,1-3H3,(H,21,22)/b20-11-. The van der Waals surface area contributed by atoms with Gasteiger partial charge in [0.25, 0.3) is 0 Å². The number of hydrogen-bond acceptors (Lipinski definition) is 5. The van der Waals surface area contributed by atoms with Crippen LogP contribution >= 0.6 is 22.6 Å². The Balaban J connectivity index is 1.83. The minimum Gasteiger partial charge on any atom is -0.492 e. The number of halogens is 1. The second-order valence-electron chi connectivity index (χ2n) is 5.32. The number of aryl methyl sites for hydroxylation is 1. The van der Waals surface area contributed by atoms with Crippen LogP contribution in [0.5, 0.6) is 11.5 Å². The van der Waals surface area contributed by atoms with E-state index in [4.69, 9.17) is 9.47 Å². The molecule has 2 aromatic carbocycles. The molecule has 6 nitrogen and oxygen atoms in total. The zero-order valence-corrected chi connectivity index (χ0v) is 16.4. The summed E-state index contributed by atoms with van der Waals surface area (Å²) in [6.07, 6.45) is 1.74. The van der Waals surface area contributed by atoms with Gasteiger partial charge in [-0.1, -0.05) is 12.1 Å². The molecule has 0 fully saturated rings. The van der Waals surface area contributed by atoms with Gasteiger partial charge in [0.05, 0.1) is 34.5 Å². The van der Waals surface area contributed by atoms with E-state index in [9.17, 15) is 0 Å². The minimum atomic E-state index is 0.575. The van der Waals surface area contributed by atoms with Crippen LogP contribution in [0.25, 0.3) is 11.0 Å². The van der Waals surface area contributed by atoms with Crippen molar-refractivity contribution < 1.29 is 9.47 Å². The van der Waals surface area contributed by atoms with Crippen LogP contribution in [0.3, 0.4) is 0 Å². The monoisotopic (exact) mass is 450 g/mol. The quantitative estimate of drug-likeness (QED) is 0.350.